The van der Waals surface area contributed by atoms with Gasteiger partial charge in [0.1, 0.15) is 5.54 Å². The topological polar surface area (TPSA) is 90.7 Å². The fourth-order valence-electron chi connectivity index (χ4n) is 2.97. The molecule has 1 aromatic rings. The molecule has 1 saturated carbocycles. The van der Waals surface area contributed by atoms with Crippen molar-refractivity contribution >= 4 is 30.0 Å². The summed E-state index contributed by atoms with van der Waals surface area (Å²) in [4.78, 5) is 24.3. The first kappa shape index (κ1) is 21.4. The molecule has 25 heavy (non-hydrogen) atoms. The molecule has 6 nitrogen and oxygen atoms in total. The molecule has 0 spiro atoms. The summed E-state index contributed by atoms with van der Waals surface area (Å²) in [7, 11) is 0. The molecule has 1 aliphatic rings. The van der Waals surface area contributed by atoms with Gasteiger partial charge in [-0.1, -0.05) is 13.8 Å². The second-order valence-corrected chi connectivity index (χ2v) is 6.59. The minimum Gasteiger partial charge on any atom is -0.462 e. The summed E-state index contributed by atoms with van der Waals surface area (Å²) < 4.78 is 10.6. The second-order valence-electron chi connectivity index (χ2n) is 6.59. The van der Waals surface area contributed by atoms with E-state index in [1.54, 1.807) is 31.2 Å². The quantitative estimate of drug-likeness (QED) is 0.751. The Morgan fingerprint density at radius 3 is 2.28 bits per heavy atom. The summed E-state index contributed by atoms with van der Waals surface area (Å²) in [5.74, 6) is -0.627. The average Bonchev–Trinajstić information content (AvgIpc) is 2.55. The number of benzene rings is 1. The number of rotatable bonds is 6. The van der Waals surface area contributed by atoms with Gasteiger partial charge < -0.3 is 20.5 Å². The van der Waals surface area contributed by atoms with Gasteiger partial charge in [-0.3, -0.25) is 4.79 Å². The Hall–Kier alpha value is -1.63. The average molecular weight is 371 g/mol. The fraction of sp³-hybridized carbons (Fsp3) is 0.556. The molecule has 2 atom stereocenters. The van der Waals surface area contributed by atoms with Crippen molar-refractivity contribution in [2.45, 2.75) is 45.8 Å². The van der Waals surface area contributed by atoms with Gasteiger partial charge >= 0.3 is 5.97 Å². The van der Waals surface area contributed by atoms with E-state index in [1.165, 1.54) is 0 Å². The third-order valence-corrected chi connectivity index (χ3v) is 4.89. The van der Waals surface area contributed by atoms with Crippen LogP contribution in [0.15, 0.2) is 24.3 Å². The minimum absolute atomic E-state index is 0. The molecular formula is C18H27ClN2O4. The Bertz CT molecular complexity index is 618. The lowest BCUT2D eigenvalue weighted by atomic mass is 9.54. The van der Waals surface area contributed by atoms with Crippen molar-refractivity contribution in [3.05, 3.63) is 29.8 Å². The van der Waals surface area contributed by atoms with Crippen molar-refractivity contribution in [2.75, 3.05) is 18.5 Å². The third-order valence-electron chi connectivity index (χ3n) is 4.89. The van der Waals surface area contributed by atoms with E-state index in [0.29, 0.717) is 30.9 Å². The first-order valence-electron chi connectivity index (χ1n) is 8.25. The highest BCUT2D eigenvalue weighted by Gasteiger charge is 2.62. The number of amides is 1. The van der Waals surface area contributed by atoms with E-state index in [1.807, 2.05) is 20.8 Å². The molecule has 0 bridgehead atoms. The molecule has 1 aliphatic carbocycles. The van der Waals surface area contributed by atoms with Gasteiger partial charge in [0.2, 0.25) is 5.91 Å². The van der Waals surface area contributed by atoms with Gasteiger partial charge in [-0.2, -0.15) is 0 Å². The van der Waals surface area contributed by atoms with Gasteiger partial charge in [0, 0.05) is 24.1 Å². The Labute approximate surface area is 154 Å². The van der Waals surface area contributed by atoms with Crippen LogP contribution < -0.4 is 11.1 Å². The molecule has 0 aliphatic heterocycles. The molecular weight excluding hydrogens is 344 g/mol. The number of esters is 1. The molecule has 1 fully saturated rings. The number of anilines is 1. The fourth-order valence-corrected chi connectivity index (χ4v) is 2.97. The molecule has 2 rings (SSSR count). The van der Waals surface area contributed by atoms with Crippen LogP contribution in [0.2, 0.25) is 0 Å². The summed E-state index contributed by atoms with van der Waals surface area (Å²) >= 11 is 0. The smallest absolute Gasteiger partial charge is 0.338 e. The molecule has 2 unspecified atom stereocenters. The summed E-state index contributed by atoms with van der Waals surface area (Å²) in [6.07, 6.45) is 0.463. The largest absolute Gasteiger partial charge is 0.462 e. The van der Waals surface area contributed by atoms with E-state index >= 15 is 0 Å². The van der Waals surface area contributed by atoms with Gasteiger partial charge in [-0.25, -0.2) is 4.79 Å². The summed E-state index contributed by atoms with van der Waals surface area (Å²) in [6.45, 7) is 8.49. The van der Waals surface area contributed by atoms with Crippen molar-refractivity contribution in [3.8, 4) is 0 Å². The lowest BCUT2D eigenvalue weighted by Crippen LogP contribution is -2.74. The van der Waals surface area contributed by atoms with Gasteiger partial charge in [0.15, 0.2) is 0 Å². The zero-order valence-electron chi connectivity index (χ0n) is 15.1. The van der Waals surface area contributed by atoms with E-state index in [2.05, 4.69) is 5.32 Å². The van der Waals surface area contributed by atoms with Crippen LogP contribution >= 0.6 is 12.4 Å². The number of nitrogens with two attached hydrogens (primary N) is 1. The maximum atomic E-state index is 12.6. The van der Waals surface area contributed by atoms with Gasteiger partial charge in [0.25, 0.3) is 0 Å². The Kier molecular flexibility index (Phi) is 6.99. The molecule has 0 aromatic heterocycles. The number of carbonyl (C=O) groups excluding carboxylic acids is 2. The number of nitrogens with one attached hydrogen (secondary N) is 1. The standard InChI is InChI=1S/C18H26N2O4.ClH/c1-5-23-14-11-18(19,17(14,3)4)16(22)20-13-9-7-12(8-10-13)15(21)24-6-2;/h7-10,14H,5-6,11,19H2,1-4H3,(H,20,22);1H. The van der Waals surface area contributed by atoms with E-state index in [9.17, 15) is 9.59 Å². The van der Waals surface area contributed by atoms with Crippen LogP contribution in [0.5, 0.6) is 0 Å². The maximum Gasteiger partial charge on any atom is 0.338 e. The predicted octanol–water partition coefficient (Wildman–Crippen LogP) is 2.76. The van der Waals surface area contributed by atoms with E-state index in [-0.39, 0.29) is 30.4 Å². The predicted molar refractivity (Wildman–Crippen MR) is 99.0 cm³/mol. The van der Waals surface area contributed by atoms with Gasteiger partial charge in [0.05, 0.1) is 18.3 Å². The van der Waals surface area contributed by atoms with Crippen LogP contribution in [0, 0.1) is 5.41 Å². The van der Waals surface area contributed by atoms with Crippen molar-refractivity contribution < 1.29 is 19.1 Å². The zero-order valence-corrected chi connectivity index (χ0v) is 15.9. The van der Waals surface area contributed by atoms with Crippen LogP contribution in [-0.4, -0.2) is 36.7 Å². The van der Waals surface area contributed by atoms with E-state index < -0.39 is 11.0 Å². The van der Waals surface area contributed by atoms with Crippen LogP contribution in [0.1, 0.15) is 44.5 Å². The highest BCUT2D eigenvalue weighted by atomic mass is 35.5. The van der Waals surface area contributed by atoms with Crippen molar-refractivity contribution in [1.82, 2.24) is 0 Å². The molecule has 140 valence electrons. The normalized spacial score (nSPS) is 23.8. The van der Waals surface area contributed by atoms with E-state index in [0.717, 1.165) is 0 Å². The van der Waals surface area contributed by atoms with Crippen molar-refractivity contribution in [3.63, 3.8) is 0 Å². The number of halogens is 1. The molecule has 1 aromatic carbocycles. The first-order valence-corrected chi connectivity index (χ1v) is 8.25. The maximum absolute atomic E-state index is 12.6. The lowest BCUT2D eigenvalue weighted by Gasteiger charge is -2.57. The Morgan fingerprint density at radius 2 is 1.80 bits per heavy atom. The van der Waals surface area contributed by atoms with Crippen molar-refractivity contribution in [2.24, 2.45) is 11.1 Å². The van der Waals surface area contributed by atoms with Gasteiger partial charge in [-0.15, -0.1) is 12.4 Å². The molecule has 3 N–H and O–H groups in total. The summed E-state index contributed by atoms with van der Waals surface area (Å²) in [6, 6.07) is 6.57. The molecule has 0 radical (unpaired) electrons. The first-order chi connectivity index (χ1) is 11.3. The molecule has 7 heteroatoms. The second kappa shape index (κ2) is 8.17. The Morgan fingerprint density at radius 1 is 1.20 bits per heavy atom. The summed E-state index contributed by atoms with van der Waals surface area (Å²) in [5, 5.41) is 2.83. The Balaban J connectivity index is 0.00000312. The summed E-state index contributed by atoms with van der Waals surface area (Å²) in [5.41, 5.74) is 5.95. The SMILES string of the molecule is CCOC(=O)c1ccc(NC(=O)C2(N)CC(OCC)C2(C)C)cc1.Cl. The monoisotopic (exact) mass is 370 g/mol. The molecule has 0 saturated heterocycles. The number of hydrogen-bond acceptors (Lipinski definition) is 5. The van der Waals surface area contributed by atoms with Gasteiger partial charge in [-0.05, 0) is 38.1 Å². The molecule has 0 heterocycles. The number of carbonyl (C=O) groups is 2. The van der Waals surface area contributed by atoms with Crippen LogP contribution in [0.3, 0.4) is 0 Å². The highest BCUT2D eigenvalue weighted by molar-refractivity contribution is 6.00. The van der Waals surface area contributed by atoms with E-state index in [4.69, 9.17) is 15.2 Å². The third kappa shape index (κ3) is 3.97. The van der Waals surface area contributed by atoms with Crippen LogP contribution in [0.25, 0.3) is 0 Å². The minimum atomic E-state index is -0.980. The zero-order chi connectivity index (χ0) is 18.0. The highest BCUT2D eigenvalue weighted by Crippen LogP contribution is 2.50. The molecule has 1 amide bonds. The van der Waals surface area contributed by atoms with Crippen molar-refractivity contribution in [1.29, 1.82) is 0 Å². The van der Waals surface area contributed by atoms with Crippen LogP contribution in [0.4, 0.5) is 5.69 Å². The van der Waals surface area contributed by atoms with Crippen LogP contribution in [-0.2, 0) is 14.3 Å². The number of hydrogen-bond donors (Lipinski definition) is 2. The lowest BCUT2D eigenvalue weighted by molar-refractivity contribution is -0.166. The number of ether oxygens (including phenoxy) is 2.